The van der Waals surface area contributed by atoms with E-state index in [0.717, 1.165) is 25.7 Å². The van der Waals surface area contributed by atoms with Gasteiger partial charge in [-0.05, 0) is 44.2 Å². The maximum absolute atomic E-state index is 12.1. The van der Waals surface area contributed by atoms with Crippen LogP contribution in [0.4, 0.5) is 10.5 Å². The summed E-state index contributed by atoms with van der Waals surface area (Å²) in [5.74, 6) is -0.412. The van der Waals surface area contributed by atoms with E-state index in [2.05, 4.69) is 10.6 Å². The van der Waals surface area contributed by atoms with Gasteiger partial charge in [0.2, 0.25) is 0 Å². The lowest BCUT2D eigenvalue weighted by atomic mass is 9.96. The van der Waals surface area contributed by atoms with Gasteiger partial charge in [-0.1, -0.05) is 37.5 Å². The van der Waals surface area contributed by atoms with Crippen molar-refractivity contribution in [3.05, 3.63) is 41.6 Å². The van der Waals surface area contributed by atoms with Gasteiger partial charge in [0.25, 0.3) is 0 Å². The fourth-order valence-corrected chi connectivity index (χ4v) is 2.63. The van der Waals surface area contributed by atoms with Crippen molar-refractivity contribution < 1.29 is 14.3 Å². The van der Waals surface area contributed by atoms with Gasteiger partial charge in [0.15, 0.2) is 0 Å². The van der Waals surface area contributed by atoms with Crippen LogP contribution in [0.25, 0.3) is 0 Å². The van der Waals surface area contributed by atoms with Gasteiger partial charge in [-0.15, -0.1) is 0 Å². The lowest BCUT2D eigenvalue weighted by Crippen LogP contribution is -2.25. The van der Waals surface area contributed by atoms with Gasteiger partial charge in [0.05, 0.1) is 17.9 Å². The van der Waals surface area contributed by atoms with Crippen molar-refractivity contribution in [1.82, 2.24) is 5.32 Å². The number of carbonyl (C=O) groups is 2. The molecule has 1 aromatic rings. The van der Waals surface area contributed by atoms with Gasteiger partial charge >= 0.3 is 12.0 Å². The van der Waals surface area contributed by atoms with Crippen LogP contribution in [0.2, 0.25) is 0 Å². The van der Waals surface area contributed by atoms with E-state index in [0.29, 0.717) is 17.9 Å². The van der Waals surface area contributed by atoms with Gasteiger partial charge in [-0.3, -0.25) is 0 Å². The molecule has 0 saturated heterocycles. The minimum absolute atomic E-state index is 0.345. The Morgan fingerprint density at radius 3 is 2.67 bits per heavy atom. The average molecular weight is 330 g/mol. The summed E-state index contributed by atoms with van der Waals surface area (Å²) in [7, 11) is 0. The lowest BCUT2D eigenvalue weighted by molar-refractivity contribution is 0.0501. The molecule has 1 fully saturated rings. The summed E-state index contributed by atoms with van der Waals surface area (Å²) >= 11 is 0. The van der Waals surface area contributed by atoms with Crippen molar-refractivity contribution in [1.29, 1.82) is 0 Å². The molecule has 24 heavy (non-hydrogen) atoms. The number of ether oxygens (including phenoxy) is 1. The number of benzene rings is 1. The summed E-state index contributed by atoms with van der Waals surface area (Å²) in [6.45, 7) is 2.43. The number of hydrogen-bond donors (Lipinski definition) is 2. The molecule has 5 nitrogen and oxygen atoms in total. The van der Waals surface area contributed by atoms with Gasteiger partial charge in [-0.25, -0.2) is 9.59 Å². The van der Waals surface area contributed by atoms with Crippen LogP contribution in [0.15, 0.2) is 36.0 Å². The number of hydrogen-bond acceptors (Lipinski definition) is 3. The summed E-state index contributed by atoms with van der Waals surface area (Å²) in [4.78, 5) is 24.2. The first-order valence-electron chi connectivity index (χ1n) is 8.72. The minimum Gasteiger partial charge on any atom is -0.462 e. The molecule has 2 rings (SSSR count). The van der Waals surface area contributed by atoms with E-state index in [9.17, 15) is 9.59 Å². The molecule has 0 spiro atoms. The van der Waals surface area contributed by atoms with E-state index in [-0.39, 0.29) is 6.03 Å². The highest BCUT2D eigenvalue weighted by Gasteiger charge is 2.14. The summed E-state index contributed by atoms with van der Waals surface area (Å²) < 4.78 is 5.22. The van der Waals surface area contributed by atoms with Gasteiger partial charge in [0.1, 0.15) is 0 Å². The lowest BCUT2D eigenvalue weighted by Gasteiger charge is -2.14. The Balaban J connectivity index is 1.93. The third-order valence-corrected chi connectivity index (χ3v) is 4.03. The summed E-state index contributed by atoms with van der Waals surface area (Å²) in [6, 6.07) is 6.54. The predicted molar refractivity (Wildman–Crippen MR) is 95.0 cm³/mol. The Morgan fingerprint density at radius 2 is 1.92 bits per heavy atom. The zero-order chi connectivity index (χ0) is 17.2. The molecule has 0 bridgehead atoms. The number of anilines is 1. The fraction of sp³-hybridized carbons (Fsp3) is 0.474. The molecule has 0 aromatic heterocycles. The van der Waals surface area contributed by atoms with Crippen LogP contribution in [0.5, 0.6) is 0 Å². The minimum atomic E-state index is -0.412. The van der Waals surface area contributed by atoms with Crippen LogP contribution in [0, 0.1) is 0 Å². The van der Waals surface area contributed by atoms with E-state index in [1.165, 1.54) is 24.8 Å². The summed E-state index contributed by atoms with van der Waals surface area (Å²) in [5.41, 5.74) is 2.09. The molecule has 1 aromatic carbocycles. The fourth-order valence-electron chi connectivity index (χ4n) is 2.63. The van der Waals surface area contributed by atoms with E-state index in [1.807, 2.05) is 6.92 Å². The highest BCUT2D eigenvalue weighted by Crippen LogP contribution is 2.22. The second-order valence-corrected chi connectivity index (χ2v) is 6.00. The zero-order valence-electron chi connectivity index (χ0n) is 14.3. The number of amides is 2. The molecule has 0 radical (unpaired) electrons. The van der Waals surface area contributed by atoms with Crippen molar-refractivity contribution in [2.75, 3.05) is 11.9 Å². The molecule has 2 N–H and O–H groups in total. The second-order valence-electron chi connectivity index (χ2n) is 6.00. The zero-order valence-corrected chi connectivity index (χ0v) is 14.3. The molecule has 1 aliphatic carbocycles. The first-order chi connectivity index (χ1) is 11.7. The number of rotatable bonds is 6. The standard InChI is InChI=1S/C19H26N2O3/c1-2-3-13-24-18(22)16-11-7-8-12-17(16)21-19(23)20-14-15-9-5-4-6-10-15/h7-8,11-12,14H,2-6,9-10,13H2,1H3,(H2,20,21,23). The van der Waals surface area contributed by atoms with Crippen LogP contribution in [0.1, 0.15) is 62.2 Å². The number of allylic oxidation sites excluding steroid dienone is 1. The number of para-hydroxylation sites is 1. The van der Waals surface area contributed by atoms with Crippen LogP contribution < -0.4 is 10.6 Å². The number of urea groups is 1. The molecule has 0 heterocycles. The smallest absolute Gasteiger partial charge is 0.340 e. The first kappa shape index (κ1) is 18.0. The maximum Gasteiger partial charge on any atom is 0.340 e. The van der Waals surface area contributed by atoms with Crippen LogP contribution >= 0.6 is 0 Å². The average Bonchev–Trinajstić information content (AvgIpc) is 2.61. The van der Waals surface area contributed by atoms with Crippen molar-refractivity contribution in [2.45, 2.75) is 51.9 Å². The van der Waals surface area contributed by atoms with Crippen molar-refractivity contribution in [2.24, 2.45) is 0 Å². The quantitative estimate of drug-likeness (QED) is 0.591. The molecule has 0 atom stereocenters. The Labute approximate surface area is 143 Å². The SMILES string of the molecule is CCCCOC(=O)c1ccccc1NC(=O)NC=C1CCCCC1. The molecular weight excluding hydrogens is 304 g/mol. The second kappa shape index (κ2) is 9.75. The van der Waals surface area contributed by atoms with Crippen molar-refractivity contribution in [3.8, 4) is 0 Å². The molecule has 0 unspecified atom stereocenters. The third-order valence-electron chi connectivity index (χ3n) is 4.03. The molecule has 5 heteroatoms. The Kier molecular flexibility index (Phi) is 7.33. The van der Waals surface area contributed by atoms with Crippen LogP contribution in [-0.4, -0.2) is 18.6 Å². The van der Waals surface area contributed by atoms with Gasteiger partial charge in [0, 0.05) is 6.20 Å². The molecule has 0 aliphatic heterocycles. The monoisotopic (exact) mass is 330 g/mol. The summed E-state index contributed by atoms with van der Waals surface area (Å²) in [6.07, 6.45) is 9.29. The Morgan fingerprint density at radius 1 is 1.17 bits per heavy atom. The molecule has 1 saturated carbocycles. The highest BCUT2D eigenvalue weighted by atomic mass is 16.5. The van der Waals surface area contributed by atoms with E-state index >= 15 is 0 Å². The van der Waals surface area contributed by atoms with Gasteiger partial charge < -0.3 is 15.4 Å². The van der Waals surface area contributed by atoms with Crippen molar-refractivity contribution in [3.63, 3.8) is 0 Å². The van der Waals surface area contributed by atoms with Crippen LogP contribution in [0.3, 0.4) is 0 Å². The molecule has 1 aliphatic rings. The maximum atomic E-state index is 12.1. The Hall–Kier alpha value is -2.30. The van der Waals surface area contributed by atoms with Crippen molar-refractivity contribution >= 4 is 17.7 Å². The molecule has 2 amide bonds. The first-order valence-corrected chi connectivity index (χ1v) is 8.72. The number of esters is 1. The van der Waals surface area contributed by atoms with E-state index < -0.39 is 5.97 Å². The van der Waals surface area contributed by atoms with E-state index in [4.69, 9.17) is 4.74 Å². The number of carbonyl (C=O) groups excluding carboxylic acids is 2. The summed E-state index contributed by atoms with van der Waals surface area (Å²) in [5, 5.41) is 5.48. The molecular formula is C19H26N2O3. The normalized spacial score (nSPS) is 14.0. The number of unbranched alkanes of at least 4 members (excludes halogenated alkanes) is 1. The molecule has 130 valence electrons. The number of nitrogens with one attached hydrogen (secondary N) is 2. The predicted octanol–water partition coefficient (Wildman–Crippen LogP) is 4.61. The largest absolute Gasteiger partial charge is 0.462 e. The Bertz CT molecular complexity index is 588. The van der Waals surface area contributed by atoms with Gasteiger partial charge in [-0.2, -0.15) is 0 Å². The highest BCUT2D eigenvalue weighted by molar-refractivity contribution is 6.01. The third kappa shape index (κ3) is 5.72. The van der Waals surface area contributed by atoms with Crippen LogP contribution in [-0.2, 0) is 4.74 Å². The van der Waals surface area contributed by atoms with E-state index in [1.54, 1.807) is 30.5 Å². The topological polar surface area (TPSA) is 67.4 Å².